The van der Waals surface area contributed by atoms with Gasteiger partial charge in [0.15, 0.2) is 0 Å². The van der Waals surface area contributed by atoms with Gasteiger partial charge < -0.3 is 20.5 Å². The molecule has 2 aromatic rings. The van der Waals surface area contributed by atoms with Gasteiger partial charge in [-0.05, 0) is 44.0 Å². The van der Waals surface area contributed by atoms with Gasteiger partial charge in [0.2, 0.25) is 0 Å². The fourth-order valence-corrected chi connectivity index (χ4v) is 2.43. The summed E-state index contributed by atoms with van der Waals surface area (Å²) in [4.78, 5) is 23.4. The van der Waals surface area contributed by atoms with E-state index < -0.39 is 23.6 Å². The van der Waals surface area contributed by atoms with Gasteiger partial charge in [0.1, 0.15) is 18.4 Å². The molecule has 0 aromatic heterocycles. The Bertz CT molecular complexity index is 752. The number of rotatable bonds is 7. The molecule has 6 heteroatoms. The molecular weight excluding hydrogens is 344 g/mol. The number of carboxylic acids is 1. The van der Waals surface area contributed by atoms with E-state index in [4.69, 9.17) is 4.74 Å². The van der Waals surface area contributed by atoms with Crippen LogP contribution >= 0.6 is 0 Å². The molecule has 2 aromatic carbocycles. The Kier molecular flexibility index (Phi) is 6.82. The van der Waals surface area contributed by atoms with Gasteiger partial charge in [-0.1, -0.05) is 42.5 Å². The lowest BCUT2D eigenvalue weighted by molar-refractivity contribution is -0.139. The molecule has 0 saturated carbocycles. The SMILES string of the molecule is CC(C)(C)NC(=O)NC(Cc1ccc(OCc2ccccc2)cc1)C(=O)O. The van der Waals surface area contributed by atoms with Crippen LogP contribution in [0.5, 0.6) is 5.75 Å². The van der Waals surface area contributed by atoms with Gasteiger partial charge >= 0.3 is 12.0 Å². The Hall–Kier alpha value is -3.02. The molecular formula is C21H26N2O4. The number of hydrogen-bond donors (Lipinski definition) is 3. The standard InChI is InChI=1S/C21H26N2O4/c1-21(2,3)23-20(26)22-18(19(24)25)13-15-9-11-17(12-10-15)27-14-16-7-5-4-6-8-16/h4-12,18H,13-14H2,1-3H3,(H,24,25)(H2,22,23,26). The Balaban J connectivity index is 1.92. The summed E-state index contributed by atoms with van der Waals surface area (Å²) < 4.78 is 5.72. The third-order valence-corrected chi connectivity index (χ3v) is 3.70. The van der Waals surface area contributed by atoms with Gasteiger partial charge in [0.05, 0.1) is 0 Å². The summed E-state index contributed by atoms with van der Waals surface area (Å²) in [6.45, 7) is 5.95. The molecule has 1 atom stereocenters. The Labute approximate surface area is 159 Å². The first-order valence-electron chi connectivity index (χ1n) is 8.80. The molecule has 27 heavy (non-hydrogen) atoms. The minimum atomic E-state index is -1.08. The zero-order valence-corrected chi connectivity index (χ0v) is 15.9. The van der Waals surface area contributed by atoms with Crippen LogP contribution < -0.4 is 15.4 Å². The molecule has 0 aliphatic carbocycles. The molecule has 0 aliphatic heterocycles. The molecule has 2 amide bonds. The van der Waals surface area contributed by atoms with Crippen LogP contribution in [-0.4, -0.2) is 28.7 Å². The number of ether oxygens (including phenoxy) is 1. The highest BCUT2D eigenvalue weighted by atomic mass is 16.5. The van der Waals surface area contributed by atoms with Crippen LogP contribution in [0.1, 0.15) is 31.9 Å². The van der Waals surface area contributed by atoms with Crippen molar-refractivity contribution in [3.05, 3.63) is 65.7 Å². The zero-order valence-electron chi connectivity index (χ0n) is 15.9. The van der Waals surface area contributed by atoms with Crippen molar-refractivity contribution >= 4 is 12.0 Å². The number of aliphatic carboxylic acids is 1. The minimum absolute atomic E-state index is 0.186. The van der Waals surface area contributed by atoms with Gasteiger partial charge in [-0.2, -0.15) is 0 Å². The normalized spacial score (nSPS) is 12.1. The molecule has 0 saturated heterocycles. The first-order valence-corrected chi connectivity index (χ1v) is 8.80. The molecule has 1 unspecified atom stereocenters. The average Bonchev–Trinajstić information content (AvgIpc) is 2.60. The first-order chi connectivity index (χ1) is 12.7. The van der Waals surface area contributed by atoms with E-state index in [9.17, 15) is 14.7 Å². The third-order valence-electron chi connectivity index (χ3n) is 3.70. The topological polar surface area (TPSA) is 87.7 Å². The molecule has 0 bridgehead atoms. The van der Waals surface area contributed by atoms with Gasteiger partial charge in [-0.3, -0.25) is 0 Å². The van der Waals surface area contributed by atoms with Crippen molar-refractivity contribution in [2.75, 3.05) is 0 Å². The van der Waals surface area contributed by atoms with E-state index in [1.165, 1.54) is 0 Å². The summed E-state index contributed by atoms with van der Waals surface area (Å²) in [5, 5.41) is 14.6. The predicted molar refractivity (Wildman–Crippen MR) is 104 cm³/mol. The van der Waals surface area contributed by atoms with Crippen molar-refractivity contribution in [3.63, 3.8) is 0 Å². The number of benzene rings is 2. The molecule has 0 fully saturated rings. The first kappa shape index (κ1) is 20.3. The summed E-state index contributed by atoms with van der Waals surface area (Å²) in [6.07, 6.45) is 0.186. The van der Waals surface area contributed by atoms with Crippen LogP contribution in [-0.2, 0) is 17.8 Å². The summed E-state index contributed by atoms with van der Waals surface area (Å²) in [7, 11) is 0. The largest absolute Gasteiger partial charge is 0.489 e. The van der Waals surface area contributed by atoms with Crippen molar-refractivity contribution in [1.82, 2.24) is 10.6 Å². The maximum atomic E-state index is 11.9. The van der Waals surface area contributed by atoms with E-state index in [0.29, 0.717) is 12.4 Å². The van der Waals surface area contributed by atoms with Crippen molar-refractivity contribution < 1.29 is 19.4 Å². The minimum Gasteiger partial charge on any atom is -0.489 e. The quantitative estimate of drug-likeness (QED) is 0.697. The second kappa shape index (κ2) is 9.07. The maximum absolute atomic E-state index is 11.9. The molecule has 3 N–H and O–H groups in total. The van der Waals surface area contributed by atoms with Crippen molar-refractivity contribution in [2.24, 2.45) is 0 Å². The van der Waals surface area contributed by atoms with Gasteiger partial charge in [0, 0.05) is 12.0 Å². The van der Waals surface area contributed by atoms with Crippen LogP contribution in [0.15, 0.2) is 54.6 Å². The third kappa shape index (κ3) is 7.40. The number of carbonyl (C=O) groups excluding carboxylic acids is 1. The fraction of sp³-hybridized carbons (Fsp3) is 0.333. The number of urea groups is 1. The van der Waals surface area contributed by atoms with Crippen molar-refractivity contribution in [1.29, 1.82) is 0 Å². The van der Waals surface area contributed by atoms with Gasteiger partial charge in [-0.15, -0.1) is 0 Å². The van der Waals surface area contributed by atoms with E-state index in [2.05, 4.69) is 10.6 Å². The number of carbonyl (C=O) groups is 2. The second-order valence-corrected chi connectivity index (χ2v) is 7.36. The van der Waals surface area contributed by atoms with Crippen molar-refractivity contribution in [2.45, 2.75) is 45.4 Å². The van der Waals surface area contributed by atoms with Gasteiger partial charge in [0.25, 0.3) is 0 Å². The highest BCUT2D eigenvalue weighted by Gasteiger charge is 2.22. The number of hydrogen-bond acceptors (Lipinski definition) is 3. The summed E-state index contributed by atoms with van der Waals surface area (Å²) >= 11 is 0. The molecule has 6 nitrogen and oxygen atoms in total. The Morgan fingerprint density at radius 1 is 1.00 bits per heavy atom. The van der Waals surface area contributed by atoms with E-state index in [1.54, 1.807) is 24.3 Å². The van der Waals surface area contributed by atoms with Crippen LogP contribution in [0.4, 0.5) is 4.79 Å². The number of amides is 2. The molecule has 0 spiro atoms. The monoisotopic (exact) mass is 370 g/mol. The predicted octanol–water partition coefficient (Wildman–Crippen LogP) is 3.36. The van der Waals surface area contributed by atoms with Crippen LogP contribution in [0.25, 0.3) is 0 Å². The molecule has 2 rings (SSSR count). The summed E-state index contributed by atoms with van der Waals surface area (Å²) in [6, 6.07) is 15.5. The van der Waals surface area contributed by atoms with Crippen molar-refractivity contribution in [3.8, 4) is 5.75 Å². The van der Waals surface area contributed by atoms with E-state index in [1.807, 2.05) is 51.1 Å². The Morgan fingerprint density at radius 3 is 2.19 bits per heavy atom. The molecule has 0 heterocycles. The smallest absolute Gasteiger partial charge is 0.326 e. The molecule has 144 valence electrons. The van der Waals surface area contributed by atoms with Crippen LogP contribution in [0, 0.1) is 0 Å². The lowest BCUT2D eigenvalue weighted by Crippen LogP contribution is -2.52. The lowest BCUT2D eigenvalue weighted by Gasteiger charge is -2.23. The lowest BCUT2D eigenvalue weighted by atomic mass is 10.1. The van der Waals surface area contributed by atoms with E-state index >= 15 is 0 Å². The summed E-state index contributed by atoms with van der Waals surface area (Å²) in [5.74, 6) is -0.378. The fourth-order valence-electron chi connectivity index (χ4n) is 2.43. The number of carboxylic acid groups (broad SMARTS) is 1. The number of nitrogens with one attached hydrogen (secondary N) is 2. The highest BCUT2D eigenvalue weighted by molar-refractivity contribution is 5.83. The zero-order chi connectivity index (χ0) is 19.9. The van der Waals surface area contributed by atoms with Crippen LogP contribution in [0.2, 0.25) is 0 Å². The van der Waals surface area contributed by atoms with E-state index in [0.717, 1.165) is 11.1 Å². The summed E-state index contributed by atoms with van der Waals surface area (Å²) in [5.41, 5.74) is 1.43. The average molecular weight is 370 g/mol. The Morgan fingerprint density at radius 2 is 1.63 bits per heavy atom. The van der Waals surface area contributed by atoms with Crippen LogP contribution in [0.3, 0.4) is 0 Å². The highest BCUT2D eigenvalue weighted by Crippen LogP contribution is 2.15. The second-order valence-electron chi connectivity index (χ2n) is 7.36. The molecule has 0 radical (unpaired) electrons. The van der Waals surface area contributed by atoms with Gasteiger partial charge in [-0.25, -0.2) is 9.59 Å². The maximum Gasteiger partial charge on any atom is 0.326 e. The molecule has 0 aliphatic rings. The van der Waals surface area contributed by atoms with E-state index in [-0.39, 0.29) is 6.42 Å².